The van der Waals surface area contributed by atoms with Crippen molar-refractivity contribution in [1.82, 2.24) is 4.90 Å². The number of nitrogens with zero attached hydrogens (tertiary/aromatic N) is 2. The van der Waals surface area contributed by atoms with E-state index in [4.69, 9.17) is 10.5 Å². The molecule has 0 atom stereocenters. The third-order valence-electron chi connectivity index (χ3n) is 3.86. The lowest BCUT2D eigenvalue weighted by atomic mass is 10.2. The number of likely N-dealkylation sites (N-methyl/N-ethyl adjacent to an activating group) is 1. The van der Waals surface area contributed by atoms with Gasteiger partial charge in [-0.2, -0.15) is 0 Å². The summed E-state index contributed by atoms with van der Waals surface area (Å²) < 4.78 is 5.28. The topological polar surface area (TPSA) is 70.8 Å². The monoisotopic (exact) mass is 320 g/mol. The van der Waals surface area contributed by atoms with Crippen molar-refractivity contribution < 1.29 is 9.53 Å². The highest BCUT2D eigenvalue weighted by atomic mass is 16.6. The molecule has 0 unspecified atom stereocenters. The van der Waals surface area contributed by atoms with Crippen LogP contribution in [0.4, 0.5) is 21.9 Å². The molecule has 3 N–H and O–H groups in total. The van der Waals surface area contributed by atoms with Gasteiger partial charge in [0.1, 0.15) is 5.60 Å². The molecule has 1 aromatic carbocycles. The van der Waals surface area contributed by atoms with Crippen molar-refractivity contribution in [3.8, 4) is 0 Å². The van der Waals surface area contributed by atoms with Crippen LogP contribution >= 0.6 is 0 Å². The summed E-state index contributed by atoms with van der Waals surface area (Å²) in [5.74, 6) is 0. The molecule has 0 aromatic heterocycles. The molecule has 0 bridgehead atoms. The predicted octanol–water partition coefficient (Wildman–Crippen LogP) is 2.76. The van der Waals surface area contributed by atoms with Crippen LogP contribution in [-0.4, -0.2) is 49.3 Å². The van der Waals surface area contributed by atoms with Gasteiger partial charge in [-0.3, -0.25) is 5.32 Å². The van der Waals surface area contributed by atoms with Crippen LogP contribution in [0.1, 0.15) is 27.7 Å². The van der Waals surface area contributed by atoms with Crippen molar-refractivity contribution in [2.75, 3.05) is 48.7 Å². The minimum absolute atomic E-state index is 0.489. The molecule has 0 radical (unpaired) electrons. The Hall–Kier alpha value is -1.95. The minimum atomic E-state index is -0.535. The first-order valence-electron chi connectivity index (χ1n) is 8.15. The van der Waals surface area contributed by atoms with Crippen LogP contribution in [0.3, 0.4) is 0 Å². The molecule has 6 nitrogen and oxygen atoms in total. The molecule has 1 fully saturated rings. The van der Waals surface area contributed by atoms with Gasteiger partial charge in [-0.1, -0.05) is 6.92 Å². The van der Waals surface area contributed by atoms with E-state index in [2.05, 4.69) is 22.0 Å². The van der Waals surface area contributed by atoms with E-state index in [-0.39, 0.29) is 0 Å². The van der Waals surface area contributed by atoms with Gasteiger partial charge in [0.25, 0.3) is 0 Å². The summed E-state index contributed by atoms with van der Waals surface area (Å²) in [4.78, 5) is 16.7. The molecule has 0 saturated carbocycles. The van der Waals surface area contributed by atoms with Gasteiger partial charge < -0.3 is 20.3 Å². The van der Waals surface area contributed by atoms with Crippen LogP contribution in [-0.2, 0) is 4.74 Å². The molecule has 1 aliphatic rings. The Balaban J connectivity index is 2.06. The van der Waals surface area contributed by atoms with Gasteiger partial charge >= 0.3 is 6.09 Å². The fourth-order valence-electron chi connectivity index (χ4n) is 2.59. The van der Waals surface area contributed by atoms with E-state index in [1.165, 1.54) is 0 Å². The van der Waals surface area contributed by atoms with Crippen LogP contribution in [0, 0.1) is 0 Å². The highest BCUT2D eigenvalue weighted by molar-refractivity contribution is 5.90. The molecule has 23 heavy (non-hydrogen) atoms. The molecule has 1 heterocycles. The van der Waals surface area contributed by atoms with E-state index in [0.717, 1.165) is 38.4 Å². The summed E-state index contributed by atoms with van der Waals surface area (Å²) in [6.45, 7) is 12.8. The number of nitrogen functional groups attached to an aromatic ring is 1. The lowest BCUT2D eigenvalue weighted by molar-refractivity contribution is 0.0636. The highest BCUT2D eigenvalue weighted by Gasteiger charge is 2.19. The van der Waals surface area contributed by atoms with Gasteiger partial charge in [-0.15, -0.1) is 0 Å². The number of rotatable bonds is 3. The van der Waals surface area contributed by atoms with Crippen molar-refractivity contribution in [1.29, 1.82) is 0 Å². The Bertz CT molecular complexity index is 546. The van der Waals surface area contributed by atoms with Gasteiger partial charge in [0.2, 0.25) is 0 Å². The maximum atomic E-state index is 11.9. The number of nitrogens with one attached hydrogen (secondary N) is 1. The van der Waals surface area contributed by atoms with Crippen LogP contribution in [0.15, 0.2) is 18.2 Å². The fraction of sp³-hybridized carbons (Fsp3) is 0.588. The number of amides is 1. The SMILES string of the molecule is CCN1CCN(c2ccc(N)c(NC(=O)OC(C)(C)C)c2)CC1. The number of anilines is 3. The van der Waals surface area contributed by atoms with Crippen molar-refractivity contribution in [3.63, 3.8) is 0 Å². The number of hydrogen-bond donors (Lipinski definition) is 2. The zero-order valence-corrected chi connectivity index (χ0v) is 14.6. The maximum absolute atomic E-state index is 11.9. The van der Waals surface area contributed by atoms with Crippen molar-refractivity contribution in [3.05, 3.63) is 18.2 Å². The first kappa shape index (κ1) is 17.4. The lowest BCUT2D eigenvalue weighted by Gasteiger charge is -2.35. The molecule has 1 saturated heterocycles. The summed E-state index contributed by atoms with van der Waals surface area (Å²) in [6, 6.07) is 5.74. The number of carbonyl (C=O) groups is 1. The van der Waals surface area contributed by atoms with Crippen molar-refractivity contribution >= 4 is 23.2 Å². The Morgan fingerprint density at radius 3 is 2.48 bits per heavy atom. The number of carbonyl (C=O) groups excluding carboxylic acids is 1. The molecule has 0 spiro atoms. The average Bonchev–Trinajstić information content (AvgIpc) is 2.48. The number of hydrogen-bond acceptors (Lipinski definition) is 5. The van der Waals surface area contributed by atoms with Crippen LogP contribution in [0.25, 0.3) is 0 Å². The van der Waals surface area contributed by atoms with Gasteiger partial charge in [0, 0.05) is 31.9 Å². The van der Waals surface area contributed by atoms with E-state index >= 15 is 0 Å². The van der Waals surface area contributed by atoms with Gasteiger partial charge in [-0.25, -0.2) is 4.79 Å². The predicted molar refractivity (Wildman–Crippen MR) is 95.0 cm³/mol. The van der Waals surface area contributed by atoms with Gasteiger partial charge in [0.05, 0.1) is 11.4 Å². The van der Waals surface area contributed by atoms with Crippen molar-refractivity contribution in [2.45, 2.75) is 33.3 Å². The Morgan fingerprint density at radius 2 is 1.91 bits per heavy atom. The summed E-state index contributed by atoms with van der Waals surface area (Å²) in [5.41, 5.74) is 7.64. The standard InChI is InChI=1S/C17H28N4O2/c1-5-20-8-10-21(11-9-20)13-6-7-14(18)15(12-13)19-16(22)23-17(2,3)4/h6-7,12H,5,8-11,18H2,1-4H3,(H,19,22). The number of nitrogens with two attached hydrogens (primary N) is 1. The Morgan fingerprint density at radius 1 is 1.26 bits per heavy atom. The highest BCUT2D eigenvalue weighted by Crippen LogP contribution is 2.27. The van der Waals surface area contributed by atoms with Crippen LogP contribution in [0.5, 0.6) is 0 Å². The first-order valence-corrected chi connectivity index (χ1v) is 8.15. The molecule has 1 aliphatic heterocycles. The Labute approximate surface area is 138 Å². The second-order valence-electron chi connectivity index (χ2n) is 6.82. The molecule has 1 amide bonds. The van der Waals surface area contributed by atoms with E-state index in [9.17, 15) is 4.79 Å². The van der Waals surface area contributed by atoms with E-state index in [0.29, 0.717) is 11.4 Å². The van der Waals surface area contributed by atoms with Crippen molar-refractivity contribution in [2.24, 2.45) is 0 Å². The quantitative estimate of drug-likeness (QED) is 0.838. The molecule has 0 aliphatic carbocycles. The molecule has 6 heteroatoms. The zero-order chi connectivity index (χ0) is 17.0. The van der Waals surface area contributed by atoms with E-state index < -0.39 is 11.7 Å². The normalized spacial score (nSPS) is 16.3. The average molecular weight is 320 g/mol. The van der Waals surface area contributed by atoms with Gasteiger partial charge in [-0.05, 0) is 45.5 Å². The minimum Gasteiger partial charge on any atom is -0.444 e. The molecular formula is C17H28N4O2. The summed E-state index contributed by atoms with van der Waals surface area (Å²) in [7, 11) is 0. The van der Waals surface area contributed by atoms with E-state index in [1.807, 2.05) is 39.0 Å². The summed E-state index contributed by atoms with van der Waals surface area (Å²) >= 11 is 0. The molecule has 1 aromatic rings. The number of benzene rings is 1. The second-order valence-corrected chi connectivity index (χ2v) is 6.82. The van der Waals surface area contributed by atoms with Crippen LogP contribution in [0.2, 0.25) is 0 Å². The largest absolute Gasteiger partial charge is 0.444 e. The Kier molecular flexibility index (Phi) is 5.36. The molecule has 128 valence electrons. The fourth-order valence-corrected chi connectivity index (χ4v) is 2.59. The third-order valence-corrected chi connectivity index (χ3v) is 3.86. The van der Waals surface area contributed by atoms with Crippen LogP contribution < -0.4 is 16.0 Å². The molecular weight excluding hydrogens is 292 g/mol. The number of ether oxygens (including phenoxy) is 1. The van der Waals surface area contributed by atoms with E-state index in [1.54, 1.807) is 0 Å². The van der Waals surface area contributed by atoms with Gasteiger partial charge in [0.15, 0.2) is 0 Å². The lowest BCUT2D eigenvalue weighted by Crippen LogP contribution is -2.46. The number of piperazine rings is 1. The molecule has 2 rings (SSSR count). The summed E-state index contributed by atoms with van der Waals surface area (Å²) in [5, 5.41) is 2.74. The smallest absolute Gasteiger partial charge is 0.412 e. The zero-order valence-electron chi connectivity index (χ0n) is 14.6. The third kappa shape index (κ3) is 5.03. The summed E-state index contributed by atoms with van der Waals surface area (Å²) in [6.07, 6.45) is -0.489. The second kappa shape index (κ2) is 7.08. The maximum Gasteiger partial charge on any atom is 0.412 e. The first-order chi connectivity index (χ1) is 10.8.